The molecule has 172 valence electrons. The Kier molecular flexibility index (Phi) is 9.35. The summed E-state index contributed by atoms with van der Waals surface area (Å²) >= 11 is 0. The monoisotopic (exact) mass is 546 g/mol. The SMILES string of the molecule is CN=C(NCCCn1cnc2ccccc21)NC1CCN(Cc2ccccc2)C(C)C1.I. The second-order valence-electron chi connectivity index (χ2n) is 8.45. The molecule has 3 aromatic rings. The van der Waals surface area contributed by atoms with E-state index in [-0.39, 0.29) is 24.0 Å². The third-order valence-electron chi connectivity index (χ3n) is 6.20. The van der Waals surface area contributed by atoms with Crippen molar-refractivity contribution in [2.45, 2.75) is 51.4 Å². The van der Waals surface area contributed by atoms with Crippen molar-refractivity contribution >= 4 is 41.0 Å². The van der Waals surface area contributed by atoms with Crippen molar-refractivity contribution in [1.29, 1.82) is 0 Å². The molecule has 7 heteroatoms. The van der Waals surface area contributed by atoms with Crippen LogP contribution in [0.1, 0.15) is 31.7 Å². The number of guanidine groups is 1. The Balaban J connectivity index is 0.00000289. The molecule has 0 bridgehead atoms. The molecule has 0 radical (unpaired) electrons. The molecule has 2 atom stereocenters. The summed E-state index contributed by atoms with van der Waals surface area (Å²) in [6.07, 6.45) is 5.22. The van der Waals surface area contributed by atoms with E-state index in [9.17, 15) is 0 Å². The molecule has 0 spiro atoms. The number of piperidine rings is 1. The van der Waals surface area contributed by atoms with E-state index in [1.807, 2.05) is 19.4 Å². The van der Waals surface area contributed by atoms with E-state index in [0.29, 0.717) is 12.1 Å². The molecule has 1 fully saturated rings. The van der Waals surface area contributed by atoms with Gasteiger partial charge in [0, 0.05) is 45.3 Å². The second kappa shape index (κ2) is 12.2. The minimum atomic E-state index is 0. The van der Waals surface area contributed by atoms with Gasteiger partial charge in [-0.05, 0) is 43.9 Å². The Morgan fingerprint density at radius 2 is 1.91 bits per heavy atom. The maximum Gasteiger partial charge on any atom is 0.191 e. The van der Waals surface area contributed by atoms with Crippen molar-refractivity contribution in [3.63, 3.8) is 0 Å². The van der Waals surface area contributed by atoms with Crippen LogP contribution in [-0.4, -0.2) is 52.6 Å². The Morgan fingerprint density at radius 3 is 2.69 bits per heavy atom. The fraction of sp³-hybridized carbons (Fsp3) is 0.440. The van der Waals surface area contributed by atoms with Crippen LogP contribution in [0.5, 0.6) is 0 Å². The number of hydrogen-bond acceptors (Lipinski definition) is 3. The molecule has 0 aliphatic carbocycles. The van der Waals surface area contributed by atoms with Crippen molar-refractivity contribution in [1.82, 2.24) is 25.1 Å². The standard InChI is InChI=1S/C25H34N6.HI/c1-20-17-22(13-16-30(20)18-21-9-4-3-5-10-21)29-25(26-2)27-14-8-15-31-19-28-23-11-6-7-12-24(23)31;/h3-7,9-12,19-20,22H,8,13-18H2,1-2H3,(H2,26,27,29);1H. The van der Waals surface area contributed by atoms with Crippen LogP contribution in [-0.2, 0) is 13.1 Å². The number of aliphatic imine (C=N–C) groups is 1. The average molecular weight is 547 g/mol. The average Bonchev–Trinajstić information content (AvgIpc) is 3.21. The molecule has 0 amide bonds. The Labute approximate surface area is 208 Å². The zero-order chi connectivity index (χ0) is 21.5. The van der Waals surface area contributed by atoms with Gasteiger partial charge in [-0.3, -0.25) is 9.89 Å². The summed E-state index contributed by atoms with van der Waals surface area (Å²) in [4.78, 5) is 11.5. The Hall–Kier alpha value is -2.13. The third kappa shape index (κ3) is 6.45. The fourth-order valence-corrected chi connectivity index (χ4v) is 4.44. The lowest BCUT2D eigenvalue weighted by Gasteiger charge is -2.38. The number of halogens is 1. The number of nitrogens with one attached hydrogen (secondary N) is 2. The normalized spacial score (nSPS) is 19.5. The van der Waals surface area contributed by atoms with Gasteiger partial charge in [-0.25, -0.2) is 4.98 Å². The van der Waals surface area contributed by atoms with E-state index in [4.69, 9.17) is 0 Å². The number of rotatable bonds is 7. The zero-order valence-electron chi connectivity index (χ0n) is 19.1. The molecule has 2 N–H and O–H groups in total. The highest BCUT2D eigenvalue weighted by molar-refractivity contribution is 14.0. The topological polar surface area (TPSA) is 57.5 Å². The maximum absolute atomic E-state index is 4.47. The van der Waals surface area contributed by atoms with Crippen molar-refractivity contribution in [3.8, 4) is 0 Å². The highest BCUT2D eigenvalue weighted by Gasteiger charge is 2.25. The molecule has 1 aliphatic heterocycles. The minimum absolute atomic E-state index is 0. The van der Waals surface area contributed by atoms with Crippen molar-refractivity contribution in [2.75, 3.05) is 20.1 Å². The summed E-state index contributed by atoms with van der Waals surface area (Å²) in [5, 5.41) is 7.12. The van der Waals surface area contributed by atoms with E-state index >= 15 is 0 Å². The number of likely N-dealkylation sites (tertiary alicyclic amines) is 1. The first-order chi connectivity index (χ1) is 15.2. The number of nitrogens with zero attached hydrogens (tertiary/aromatic N) is 4. The van der Waals surface area contributed by atoms with Crippen LogP contribution < -0.4 is 10.6 Å². The fourth-order valence-electron chi connectivity index (χ4n) is 4.44. The molecule has 0 saturated carbocycles. The van der Waals surface area contributed by atoms with Crippen molar-refractivity contribution in [3.05, 3.63) is 66.5 Å². The first kappa shape index (κ1) is 24.5. The summed E-state index contributed by atoms with van der Waals surface area (Å²) in [7, 11) is 1.85. The number of imidazole rings is 1. The number of benzene rings is 2. The van der Waals surface area contributed by atoms with Crippen LogP contribution in [0.3, 0.4) is 0 Å². The van der Waals surface area contributed by atoms with Crippen LogP contribution in [0.25, 0.3) is 11.0 Å². The van der Waals surface area contributed by atoms with Crippen LogP contribution in [0.2, 0.25) is 0 Å². The summed E-state index contributed by atoms with van der Waals surface area (Å²) in [5.74, 6) is 0.907. The Bertz CT molecular complexity index is 986. The molecule has 6 nitrogen and oxygen atoms in total. The number of hydrogen-bond donors (Lipinski definition) is 2. The third-order valence-corrected chi connectivity index (χ3v) is 6.20. The molecule has 32 heavy (non-hydrogen) atoms. The molecular formula is C25H35IN6. The van der Waals surface area contributed by atoms with Gasteiger partial charge in [0.15, 0.2) is 5.96 Å². The van der Waals surface area contributed by atoms with Gasteiger partial charge in [0.05, 0.1) is 17.4 Å². The number of fused-ring (bicyclic) bond motifs is 1. The van der Waals surface area contributed by atoms with Crippen LogP contribution in [0.4, 0.5) is 0 Å². The molecule has 1 aliphatic rings. The van der Waals surface area contributed by atoms with E-state index < -0.39 is 0 Å². The van der Waals surface area contributed by atoms with E-state index in [0.717, 1.165) is 56.9 Å². The summed E-state index contributed by atoms with van der Waals surface area (Å²) in [6.45, 7) is 6.31. The number of para-hydroxylation sites is 2. The molecule has 2 aromatic carbocycles. The summed E-state index contributed by atoms with van der Waals surface area (Å²) < 4.78 is 2.22. The van der Waals surface area contributed by atoms with Crippen LogP contribution in [0.15, 0.2) is 65.9 Å². The van der Waals surface area contributed by atoms with Gasteiger partial charge in [-0.1, -0.05) is 42.5 Å². The van der Waals surface area contributed by atoms with Crippen LogP contribution in [0, 0.1) is 0 Å². The van der Waals surface area contributed by atoms with Gasteiger partial charge in [0.1, 0.15) is 0 Å². The van der Waals surface area contributed by atoms with Gasteiger partial charge in [0.2, 0.25) is 0 Å². The predicted molar refractivity (Wildman–Crippen MR) is 144 cm³/mol. The molecular weight excluding hydrogens is 511 g/mol. The van der Waals surface area contributed by atoms with Gasteiger partial charge in [-0.2, -0.15) is 0 Å². The lowest BCUT2D eigenvalue weighted by Crippen LogP contribution is -2.51. The predicted octanol–water partition coefficient (Wildman–Crippen LogP) is 4.26. The second-order valence-corrected chi connectivity index (χ2v) is 8.45. The highest BCUT2D eigenvalue weighted by atomic mass is 127. The van der Waals surface area contributed by atoms with Gasteiger partial charge in [0.25, 0.3) is 0 Å². The first-order valence-electron chi connectivity index (χ1n) is 11.4. The smallest absolute Gasteiger partial charge is 0.191 e. The van der Waals surface area contributed by atoms with Gasteiger partial charge < -0.3 is 15.2 Å². The van der Waals surface area contributed by atoms with E-state index in [1.165, 1.54) is 11.1 Å². The molecule has 2 unspecified atom stereocenters. The van der Waals surface area contributed by atoms with Crippen LogP contribution >= 0.6 is 24.0 Å². The highest BCUT2D eigenvalue weighted by Crippen LogP contribution is 2.20. The number of aryl methyl sites for hydroxylation is 1. The molecule has 1 saturated heterocycles. The largest absolute Gasteiger partial charge is 0.356 e. The van der Waals surface area contributed by atoms with Gasteiger partial charge >= 0.3 is 0 Å². The Morgan fingerprint density at radius 1 is 1.12 bits per heavy atom. The van der Waals surface area contributed by atoms with Gasteiger partial charge in [-0.15, -0.1) is 24.0 Å². The van der Waals surface area contributed by atoms with E-state index in [2.05, 4.69) is 85.5 Å². The molecule has 4 rings (SSSR count). The molecule has 1 aromatic heterocycles. The maximum atomic E-state index is 4.47. The van der Waals surface area contributed by atoms with Crippen molar-refractivity contribution in [2.24, 2.45) is 4.99 Å². The minimum Gasteiger partial charge on any atom is -0.356 e. The molecule has 2 heterocycles. The van der Waals surface area contributed by atoms with Crippen molar-refractivity contribution < 1.29 is 0 Å². The first-order valence-corrected chi connectivity index (χ1v) is 11.4. The lowest BCUT2D eigenvalue weighted by atomic mass is 9.97. The lowest BCUT2D eigenvalue weighted by molar-refractivity contribution is 0.134. The summed E-state index contributed by atoms with van der Waals surface area (Å²) in [6, 6.07) is 20.1. The van der Waals surface area contributed by atoms with E-state index in [1.54, 1.807) is 0 Å². The zero-order valence-corrected chi connectivity index (χ0v) is 21.4. The quantitative estimate of drug-likeness (QED) is 0.201. The summed E-state index contributed by atoms with van der Waals surface area (Å²) in [5.41, 5.74) is 3.64. The number of aromatic nitrogens is 2.